The van der Waals surface area contributed by atoms with E-state index in [1.165, 1.54) is 0 Å². The molecule has 4 nitrogen and oxygen atoms in total. The second kappa shape index (κ2) is 6.65. The molecule has 2 N–H and O–H groups in total. The van der Waals surface area contributed by atoms with E-state index < -0.39 is 41.0 Å². The summed E-state index contributed by atoms with van der Waals surface area (Å²) in [5.74, 6) is -3.97. The fourth-order valence-corrected chi connectivity index (χ4v) is 2.69. The molecule has 1 saturated carbocycles. The van der Waals surface area contributed by atoms with E-state index in [0.717, 1.165) is 37.5 Å². The van der Waals surface area contributed by atoms with Gasteiger partial charge in [-0.15, -0.1) is 0 Å². The van der Waals surface area contributed by atoms with Gasteiger partial charge >= 0.3 is 5.97 Å². The van der Waals surface area contributed by atoms with E-state index in [1.54, 1.807) is 0 Å². The zero-order valence-electron chi connectivity index (χ0n) is 11.4. The molecule has 1 aromatic rings. The Hall–Kier alpha value is -1.98. The summed E-state index contributed by atoms with van der Waals surface area (Å²) >= 11 is 0. The standard InChI is InChI=1S/C15H17F2NO3/c16-9-6-7-12(17)11(8-9)14(19)18-13-5-3-1-2-4-10(13)15(20)21/h6-8,10,13H,1-5H2,(H,18,19)(H,20,21)/t10-,13+/m1/s1. The molecular formula is C15H17F2NO3. The summed E-state index contributed by atoms with van der Waals surface area (Å²) in [6.45, 7) is 0. The molecule has 1 amide bonds. The van der Waals surface area contributed by atoms with Crippen LogP contribution >= 0.6 is 0 Å². The summed E-state index contributed by atoms with van der Waals surface area (Å²) in [5.41, 5.74) is -0.400. The van der Waals surface area contributed by atoms with Crippen molar-refractivity contribution < 1.29 is 23.5 Å². The van der Waals surface area contributed by atoms with Crippen molar-refractivity contribution in [1.29, 1.82) is 0 Å². The molecule has 0 unspecified atom stereocenters. The summed E-state index contributed by atoms with van der Waals surface area (Å²) in [5, 5.41) is 11.8. The van der Waals surface area contributed by atoms with Crippen LogP contribution in [0.25, 0.3) is 0 Å². The van der Waals surface area contributed by atoms with Crippen LogP contribution in [0.1, 0.15) is 42.5 Å². The van der Waals surface area contributed by atoms with Crippen molar-refractivity contribution in [3.63, 3.8) is 0 Å². The molecule has 1 aromatic carbocycles. The summed E-state index contributed by atoms with van der Waals surface area (Å²) in [6.07, 6.45) is 3.51. The number of nitrogens with one attached hydrogen (secondary N) is 1. The van der Waals surface area contributed by atoms with E-state index in [-0.39, 0.29) is 0 Å². The number of carbonyl (C=O) groups excluding carboxylic acids is 1. The molecule has 0 saturated heterocycles. The minimum atomic E-state index is -0.970. The number of halogens is 2. The molecule has 0 aliphatic heterocycles. The maximum Gasteiger partial charge on any atom is 0.308 e. The third-order valence-corrected chi connectivity index (χ3v) is 3.82. The van der Waals surface area contributed by atoms with Crippen LogP contribution in [0, 0.1) is 17.6 Å². The van der Waals surface area contributed by atoms with Gasteiger partial charge in [-0.3, -0.25) is 9.59 Å². The average molecular weight is 297 g/mol. The highest BCUT2D eigenvalue weighted by molar-refractivity contribution is 5.95. The minimum absolute atomic E-state index is 0.400. The fourth-order valence-electron chi connectivity index (χ4n) is 2.69. The average Bonchev–Trinajstić information content (AvgIpc) is 2.67. The first-order chi connectivity index (χ1) is 9.99. The van der Waals surface area contributed by atoms with E-state index in [1.807, 2.05) is 0 Å². The Bertz CT molecular complexity index is 548. The number of aliphatic carboxylic acids is 1. The summed E-state index contributed by atoms with van der Waals surface area (Å²) in [6, 6.07) is 2.07. The van der Waals surface area contributed by atoms with E-state index in [0.29, 0.717) is 12.8 Å². The number of carboxylic acid groups (broad SMARTS) is 1. The highest BCUT2D eigenvalue weighted by Crippen LogP contribution is 2.24. The zero-order valence-corrected chi connectivity index (χ0v) is 11.4. The van der Waals surface area contributed by atoms with Gasteiger partial charge in [-0.2, -0.15) is 0 Å². The molecule has 0 aromatic heterocycles. The lowest BCUT2D eigenvalue weighted by atomic mass is 9.94. The molecule has 1 aliphatic carbocycles. The Balaban J connectivity index is 2.16. The molecule has 1 fully saturated rings. The van der Waals surface area contributed by atoms with Gasteiger partial charge in [0, 0.05) is 6.04 Å². The van der Waals surface area contributed by atoms with Gasteiger partial charge < -0.3 is 10.4 Å². The molecule has 21 heavy (non-hydrogen) atoms. The number of carbonyl (C=O) groups is 2. The zero-order chi connectivity index (χ0) is 15.4. The number of amides is 1. The Labute approximate surface area is 121 Å². The SMILES string of the molecule is O=C(N[C@H]1CCCCC[C@H]1C(=O)O)c1cc(F)ccc1F. The Kier molecular flexibility index (Phi) is 4.88. The number of carboxylic acids is 1. The van der Waals surface area contributed by atoms with Crippen molar-refractivity contribution in [1.82, 2.24) is 5.32 Å². The van der Waals surface area contributed by atoms with Gasteiger partial charge in [-0.05, 0) is 31.0 Å². The topological polar surface area (TPSA) is 66.4 Å². The third-order valence-electron chi connectivity index (χ3n) is 3.82. The molecule has 2 rings (SSSR count). The lowest BCUT2D eigenvalue weighted by molar-refractivity contribution is -0.142. The van der Waals surface area contributed by atoms with E-state index >= 15 is 0 Å². The van der Waals surface area contributed by atoms with Crippen LogP contribution in [-0.4, -0.2) is 23.0 Å². The van der Waals surface area contributed by atoms with Gasteiger partial charge in [0.15, 0.2) is 0 Å². The first-order valence-corrected chi connectivity index (χ1v) is 6.98. The van der Waals surface area contributed by atoms with Crippen molar-refractivity contribution >= 4 is 11.9 Å². The van der Waals surface area contributed by atoms with Crippen molar-refractivity contribution in [2.45, 2.75) is 38.1 Å². The second-order valence-corrected chi connectivity index (χ2v) is 5.29. The monoisotopic (exact) mass is 297 g/mol. The number of hydrogen-bond donors (Lipinski definition) is 2. The predicted octanol–water partition coefficient (Wildman–Crippen LogP) is 2.73. The maximum atomic E-state index is 13.6. The molecular weight excluding hydrogens is 280 g/mol. The molecule has 1 aliphatic rings. The third kappa shape index (κ3) is 3.77. The van der Waals surface area contributed by atoms with Crippen LogP contribution in [0.15, 0.2) is 18.2 Å². The summed E-state index contributed by atoms with van der Waals surface area (Å²) in [4.78, 5) is 23.3. The fraction of sp³-hybridized carbons (Fsp3) is 0.467. The Morgan fingerprint density at radius 2 is 1.86 bits per heavy atom. The van der Waals surface area contributed by atoms with Gasteiger partial charge in [0.1, 0.15) is 11.6 Å². The smallest absolute Gasteiger partial charge is 0.308 e. The van der Waals surface area contributed by atoms with Gasteiger partial charge in [0.2, 0.25) is 0 Å². The second-order valence-electron chi connectivity index (χ2n) is 5.29. The largest absolute Gasteiger partial charge is 0.481 e. The number of benzene rings is 1. The summed E-state index contributed by atoms with van der Waals surface area (Å²) < 4.78 is 26.7. The van der Waals surface area contributed by atoms with Crippen LogP contribution < -0.4 is 5.32 Å². The van der Waals surface area contributed by atoms with E-state index in [2.05, 4.69) is 5.32 Å². The van der Waals surface area contributed by atoms with Crippen LogP contribution in [0.5, 0.6) is 0 Å². The summed E-state index contributed by atoms with van der Waals surface area (Å²) in [7, 11) is 0. The number of hydrogen-bond acceptors (Lipinski definition) is 2. The van der Waals surface area contributed by atoms with Gasteiger partial charge in [-0.1, -0.05) is 19.3 Å². The lowest BCUT2D eigenvalue weighted by Crippen LogP contribution is -2.43. The molecule has 0 heterocycles. The molecule has 0 radical (unpaired) electrons. The predicted molar refractivity (Wildman–Crippen MR) is 71.8 cm³/mol. The van der Waals surface area contributed by atoms with Crippen LogP contribution in [-0.2, 0) is 4.79 Å². The van der Waals surface area contributed by atoms with Crippen molar-refractivity contribution in [2.24, 2.45) is 5.92 Å². The van der Waals surface area contributed by atoms with Crippen LogP contribution in [0.3, 0.4) is 0 Å². The number of rotatable bonds is 3. The van der Waals surface area contributed by atoms with E-state index in [9.17, 15) is 23.5 Å². The minimum Gasteiger partial charge on any atom is -0.481 e. The maximum absolute atomic E-state index is 13.6. The van der Waals surface area contributed by atoms with Crippen molar-refractivity contribution in [3.05, 3.63) is 35.4 Å². The molecule has 2 atom stereocenters. The highest BCUT2D eigenvalue weighted by Gasteiger charge is 2.31. The molecule has 114 valence electrons. The molecule has 0 spiro atoms. The van der Waals surface area contributed by atoms with Crippen LogP contribution in [0.4, 0.5) is 8.78 Å². The normalized spacial score (nSPS) is 22.4. The van der Waals surface area contributed by atoms with Crippen LogP contribution in [0.2, 0.25) is 0 Å². The van der Waals surface area contributed by atoms with Gasteiger partial charge in [-0.25, -0.2) is 8.78 Å². The van der Waals surface area contributed by atoms with Crippen molar-refractivity contribution in [3.8, 4) is 0 Å². The molecule has 0 bridgehead atoms. The van der Waals surface area contributed by atoms with Crippen molar-refractivity contribution in [2.75, 3.05) is 0 Å². The van der Waals surface area contributed by atoms with Gasteiger partial charge in [0.05, 0.1) is 11.5 Å². The first kappa shape index (κ1) is 15.4. The van der Waals surface area contributed by atoms with E-state index in [4.69, 9.17) is 0 Å². The lowest BCUT2D eigenvalue weighted by Gasteiger charge is -2.23. The first-order valence-electron chi connectivity index (χ1n) is 6.98. The van der Waals surface area contributed by atoms with Gasteiger partial charge in [0.25, 0.3) is 5.91 Å². The Morgan fingerprint density at radius 3 is 2.57 bits per heavy atom. The highest BCUT2D eigenvalue weighted by atomic mass is 19.1. The quantitative estimate of drug-likeness (QED) is 0.843. The Morgan fingerprint density at radius 1 is 1.14 bits per heavy atom. The molecule has 6 heteroatoms.